The molecular formula is C23H40O2S. The molecule has 0 aromatic heterocycles. The van der Waals surface area contributed by atoms with Crippen LogP contribution in [0.1, 0.15) is 85.0 Å². The molecule has 4 rings (SSSR count). The van der Waals surface area contributed by atoms with Crippen LogP contribution in [-0.2, 0) is 4.79 Å². The van der Waals surface area contributed by atoms with Crippen molar-refractivity contribution < 1.29 is 9.90 Å². The van der Waals surface area contributed by atoms with Crippen LogP contribution >= 0.6 is 11.8 Å². The average molecular weight is 381 g/mol. The van der Waals surface area contributed by atoms with Gasteiger partial charge in [-0.15, -0.1) is 11.8 Å². The van der Waals surface area contributed by atoms with Crippen LogP contribution in [0.25, 0.3) is 0 Å². The predicted molar refractivity (Wildman–Crippen MR) is 111 cm³/mol. The minimum atomic E-state index is 0.236. The second-order valence-electron chi connectivity index (χ2n) is 10.1. The van der Waals surface area contributed by atoms with Gasteiger partial charge in [0.05, 0.1) is 5.94 Å². The summed E-state index contributed by atoms with van der Waals surface area (Å²) in [4.78, 5) is 12.2. The van der Waals surface area contributed by atoms with Gasteiger partial charge in [-0.05, 0) is 99.0 Å². The second kappa shape index (κ2) is 8.15. The minimum absolute atomic E-state index is 0.236. The van der Waals surface area contributed by atoms with Crippen LogP contribution < -0.4 is 0 Å². The SMILES string of the molecule is CC(=O)[C@H]1CCC2[C@@H]3CCC4CCCCC4(C)C3CCC21C.CSCO. The number of aliphatic hydroxyl groups excluding tert-OH is 1. The van der Waals surface area contributed by atoms with Crippen molar-refractivity contribution in [1.82, 2.24) is 0 Å². The fraction of sp³-hybridized carbons (Fsp3) is 0.957. The summed E-state index contributed by atoms with van der Waals surface area (Å²) in [5.74, 6) is 4.84. The van der Waals surface area contributed by atoms with Gasteiger partial charge in [0, 0.05) is 5.92 Å². The molecule has 0 radical (unpaired) electrons. The Morgan fingerprint density at radius 3 is 2.31 bits per heavy atom. The van der Waals surface area contributed by atoms with Gasteiger partial charge in [0.25, 0.3) is 0 Å². The lowest BCUT2D eigenvalue weighted by atomic mass is 9.45. The number of aliphatic hydroxyl groups is 1. The first-order chi connectivity index (χ1) is 12.4. The highest BCUT2D eigenvalue weighted by Gasteiger charge is 2.60. The normalized spacial score (nSPS) is 47.0. The molecule has 0 bridgehead atoms. The van der Waals surface area contributed by atoms with Crippen LogP contribution in [0.2, 0.25) is 0 Å². The molecular weight excluding hydrogens is 340 g/mol. The molecule has 0 saturated heterocycles. The van der Waals surface area contributed by atoms with Crippen LogP contribution in [0.15, 0.2) is 0 Å². The fourth-order valence-electron chi connectivity index (χ4n) is 7.96. The number of fused-ring (bicyclic) bond motifs is 5. The zero-order valence-electron chi connectivity index (χ0n) is 17.4. The molecule has 0 spiro atoms. The Labute approximate surface area is 165 Å². The number of rotatable bonds is 2. The van der Waals surface area contributed by atoms with Gasteiger partial charge in [-0.25, -0.2) is 0 Å². The maximum absolute atomic E-state index is 12.2. The molecule has 0 heterocycles. The van der Waals surface area contributed by atoms with Crippen LogP contribution in [0, 0.1) is 40.4 Å². The third-order valence-corrected chi connectivity index (χ3v) is 9.46. The molecule has 0 amide bonds. The number of hydrogen-bond acceptors (Lipinski definition) is 3. The molecule has 0 aromatic rings. The standard InChI is InChI=1S/C21H34O.C2H6OS/c1-14(22)17-9-10-18-16-8-7-15-6-4-5-12-20(15,2)19(16)11-13-21(17,18)3;1-4-2-3/h15-19H,4-13H2,1-3H3;3H,2H2,1H3/t15?,16-,17+,18?,19?,20?,21?;/m0./s1. The summed E-state index contributed by atoms with van der Waals surface area (Å²) in [6.07, 6.45) is 16.0. The maximum Gasteiger partial charge on any atom is 0.133 e. The predicted octanol–water partition coefficient (Wildman–Crippen LogP) is 5.92. The Bertz CT molecular complexity index is 504. The molecule has 2 nitrogen and oxygen atoms in total. The third-order valence-electron chi connectivity index (χ3n) is 9.20. The molecule has 4 aliphatic rings. The summed E-state index contributed by atoms with van der Waals surface area (Å²) in [6.45, 7) is 6.97. The van der Waals surface area contributed by atoms with Crippen LogP contribution in [0.5, 0.6) is 0 Å². The number of Topliss-reactive ketones (excluding diaryl/α,β-unsaturated/α-hetero) is 1. The Kier molecular flexibility index (Phi) is 6.49. The zero-order valence-corrected chi connectivity index (χ0v) is 18.2. The summed E-state index contributed by atoms with van der Waals surface area (Å²) in [7, 11) is 0. The van der Waals surface area contributed by atoms with Gasteiger partial charge < -0.3 is 5.11 Å². The highest BCUT2D eigenvalue weighted by Crippen LogP contribution is 2.67. The van der Waals surface area contributed by atoms with E-state index in [0.717, 1.165) is 23.7 Å². The van der Waals surface area contributed by atoms with Gasteiger partial charge in [-0.2, -0.15) is 0 Å². The lowest BCUT2D eigenvalue weighted by Crippen LogP contribution is -2.53. The molecule has 26 heavy (non-hydrogen) atoms. The molecule has 0 aliphatic heterocycles. The largest absolute Gasteiger partial charge is 0.386 e. The maximum atomic E-state index is 12.2. The lowest BCUT2D eigenvalue weighted by molar-refractivity contribution is -0.133. The van der Waals surface area contributed by atoms with E-state index >= 15 is 0 Å². The molecule has 4 saturated carbocycles. The summed E-state index contributed by atoms with van der Waals surface area (Å²) in [6, 6.07) is 0. The van der Waals surface area contributed by atoms with Crippen molar-refractivity contribution in [2.24, 2.45) is 40.4 Å². The minimum Gasteiger partial charge on any atom is -0.386 e. The van der Waals surface area contributed by atoms with Gasteiger partial charge in [0.1, 0.15) is 5.78 Å². The number of carbonyl (C=O) groups is 1. The van der Waals surface area contributed by atoms with Crippen molar-refractivity contribution in [2.45, 2.75) is 85.0 Å². The van der Waals surface area contributed by atoms with E-state index in [1.807, 2.05) is 13.2 Å². The first-order valence-electron chi connectivity index (χ1n) is 11.0. The van der Waals surface area contributed by atoms with Gasteiger partial charge in [0.15, 0.2) is 0 Å². The Morgan fingerprint density at radius 1 is 0.962 bits per heavy atom. The topological polar surface area (TPSA) is 37.3 Å². The fourth-order valence-corrected chi connectivity index (χ4v) is 7.96. The molecule has 5 unspecified atom stereocenters. The van der Waals surface area contributed by atoms with Gasteiger partial charge in [-0.1, -0.05) is 26.7 Å². The molecule has 1 N–H and O–H groups in total. The summed E-state index contributed by atoms with van der Waals surface area (Å²) < 4.78 is 0. The summed E-state index contributed by atoms with van der Waals surface area (Å²) in [5, 5.41) is 7.84. The molecule has 4 aliphatic carbocycles. The van der Waals surface area contributed by atoms with Crippen molar-refractivity contribution in [3.05, 3.63) is 0 Å². The Hall–Kier alpha value is -0.0200. The van der Waals surface area contributed by atoms with Gasteiger partial charge in [0.2, 0.25) is 0 Å². The highest BCUT2D eigenvalue weighted by atomic mass is 32.2. The molecule has 4 fully saturated rings. The number of ketones is 1. The van der Waals surface area contributed by atoms with E-state index in [0.29, 0.717) is 22.5 Å². The number of thioether (sulfide) groups is 1. The summed E-state index contributed by atoms with van der Waals surface area (Å²) >= 11 is 1.41. The van der Waals surface area contributed by atoms with E-state index in [1.165, 1.54) is 76.0 Å². The summed E-state index contributed by atoms with van der Waals surface area (Å²) in [5.41, 5.74) is 0.974. The van der Waals surface area contributed by atoms with Crippen molar-refractivity contribution in [2.75, 3.05) is 12.2 Å². The van der Waals surface area contributed by atoms with E-state index < -0.39 is 0 Å². The van der Waals surface area contributed by atoms with E-state index in [-0.39, 0.29) is 5.94 Å². The second-order valence-corrected chi connectivity index (χ2v) is 10.9. The first kappa shape index (κ1) is 20.7. The average Bonchev–Trinajstić information content (AvgIpc) is 2.99. The van der Waals surface area contributed by atoms with Crippen molar-refractivity contribution >= 4 is 17.5 Å². The van der Waals surface area contributed by atoms with Crippen molar-refractivity contribution in [3.8, 4) is 0 Å². The number of hydrogen-bond donors (Lipinski definition) is 1. The van der Waals surface area contributed by atoms with Crippen LogP contribution in [0.3, 0.4) is 0 Å². The van der Waals surface area contributed by atoms with Crippen molar-refractivity contribution in [3.63, 3.8) is 0 Å². The van der Waals surface area contributed by atoms with Gasteiger partial charge in [-0.3, -0.25) is 4.79 Å². The van der Waals surface area contributed by atoms with Crippen LogP contribution in [0.4, 0.5) is 0 Å². The lowest BCUT2D eigenvalue weighted by Gasteiger charge is -2.60. The van der Waals surface area contributed by atoms with E-state index in [9.17, 15) is 4.79 Å². The Morgan fingerprint density at radius 2 is 1.65 bits per heavy atom. The van der Waals surface area contributed by atoms with E-state index in [1.54, 1.807) is 0 Å². The van der Waals surface area contributed by atoms with E-state index in [4.69, 9.17) is 5.11 Å². The zero-order chi connectivity index (χ0) is 18.9. The number of carbonyl (C=O) groups excluding carboxylic acids is 1. The quantitative estimate of drug-likeness (QED) is 0.604. The first-order valence-corrected chi connectivity index (χ1v) is 12.4. The Balaban J connectivity index is 0.000000447. The van der Waals surface area contributed by atoms with Gasteiger partial charge >= 0.3 is 0 Å². The van der Waals surface area contributed by atoms with E-state index in [2.05, 4.69) is 13.8 Å². The molecule has 150 valence electrons. The third kappa shape index (κ3) is 3.41. The molecule has 0 aromatic carbocycles. The highest BCUT2D eigenvalue weighted by molar-refractivity contribution is 7.98. The monoisotopic (exact) mass is 380 g/mol. The van der Waals surface area contributed by atoms with Crippen LogP contribution in [-0.4, -0.2) is 23.1 Å². The van der Waals surface area contributed by atoms with Crippen molar-refractivity contribution in [1.29, 1.82) is 0 Å². The molecule has 3 heteroatoms. The smallest absolute Gasteiger partial charge is 0.133 e. The molecule has 7 atom stereocenters.